The number of anilines is 1. The Hall–Kier alpha value is -1.70. The van der Waals surface area contributed by atoms with Crippen LogP contribution in [0.5, 0.6) is 0 Å². The molecule has 6 nitrogen and oxygen atoms in total. The molecule has 3 rings (SSSR count). The average Bonchev–Trinajstić information content (AvgIpc) is 3.10. The highest BCUT2D eigenvalue weighted by Crippen LogP contribution is 2.30. The summed E-state index contributed by atoms with van der Waals surface area (Å²) in [4.78, 5) is 20.1. The van der Waals surface area contributed by atoms with E-state index in [9.17, 15) is 13.2 Å². The van der Waals surface area contributed by atoms with Crippen LogP contribution < -0.4 is 5.32 Å². The van der Waals surface area contributed by atoms with Gasteiger partial charge in [0.25, 0.3) is 5.91 Å². The molecule has 0 unspecified atom stereocenters. The van der Waals surface area contributed by atoms with Crippen LogP contribution in [0.3, 0.4) is 0 Å². The molecular formula is C16H15Cl2N3O3S. The normalized spacial score (nSPS) is 15.3. The van der Waals surface area contributed by atoms with E-state index in [0.717, 1.165) is 12.8 Å². The van der Waals surface area contributed by atoms with Gasteiger partial charge in [-0.1, -0.05) is 42.1 Å². The fourth-order valence-electron chi connectivity index (χ4n) is 2.83. The van der Waals surface area contributed by atoms with E-state index in [-0.39, 0.29) is 26.1 Å². The Morgan fingerprint density at radius 2 is 1.92 bits per heavy atom. The molecule has 1 aliphatic rings. The molecule has 1 N–H and O–H groups in total. The van der Waals surface area contributed by atoms with Crippen molar-refractivity contribution in [3.8, 4) is 0 Å². The maximum atomic E-state index is 12.7. The summed E-state index contributed by atoms with van der Waals surface area (Å²) in [6, 6.07) is 6.18. The molecule has 1 aromatic heterocycles. The summed E-state index contributed by atoms with van der Waals surface area (Å²) in [6.45, 7) is 0. The van der Waals surface area contributed by atoms with Gasteiger partial charge in [-0.05, 0) is 31.0 Å². The van der Waals surface area contributed by atoms with E-state index in [4.69, 9.17) is 23.2 Å². The molecule has 1 fully saturated rings. The Bertz CT molecular complexity index is 913. The lowest BCUT2D eigenvalue weighted by molar-refractivity contribution is 0.102. The molecule has 0 saturated heterocycles. The van der Waals surface area contributed by atoms with Crippen LogP contribution in [0.4, 0.5) is 5.69 Å². The van der Waals surface area contributed by atoms with Gasteiger partial charge in [0.2, 0.25) is 0 Å². The number of carbonyl (C=O) groups excluding carboxylic acids is 1. The molecule has 1 amide bonds. The molecule has 25 heavy (non-hydrogen) atoms. The van der Waals surface area contributed by atoms with Gasteiger partial charge in [0.1, 0.15) is 5.15 Å². The maximum absolute atomic E-state index is 12.7. The maximum Gasteiger partial charge on any atom is 0.277 e. The lowest BCUT2D eigenvalue weighted by Crippen LogP contribution is -2.19. The van der Waals surface area contributed by atoms with E-state index >= 15 is 0 Å². The first kappa shape index (κ1) is 18.1. The first-order valence-electron chi connectivity index (χ1n) is 7.71. The Balaban J connectivity index is 1.83. The van der Waals surface area contributed by atoms with Crippen molar-refractivity contribution in [3.63, 3.8) is 0 Å². The van der Waals surface area contributed by atoms with Gasteiger partial charge in [-0.2, -0.15) is 0 Å². The minimum Gasteiger partial charge on any atom is -0.321 e. The number of nitrogens with one attached hydrogen (secondary N) is 1. The number of rotatable bonds is 4. The summed E-state index contributed by atoms with van der Waals surface area (Å²) in [5.74, 6) is -0.593. The Morgan fingerprint density at radius 1 is 1.20 bits per heavy atom. The fourth-order valence-corrected chi connectivity index (χ4v) is 5.13. The number of carbonyl (C=O) groups is 1. The number of aromatic nitrogens is 2. The van der Waals surface area contributed by atoms with Gasteiger partial charge in [0.05, 0.1) is 16.3 Å². The van der Waals surface area contributed by atoms with Gasteiger partial charge in [-0.25, -0.2) is 18.4 Å². The number of halogens is 2. The summed E-state index contributed by atoms with van der Waals surface area (Å²) in [6.07, 6.45) is 4.41. The number of sulfone groups is 1. The van der Waals surface area contributed by atoms with Crippen molar-refractivity contribution in [2.75, 3.05) is 5.32 Å². The van der Waals surface area contributed by atoms with Gasteiger partial charge in [0.15, 0.2) is 20.7 Å². The van der Waals surface area contributed by atoms with Crippen LogP contribution in [-0.4, -0.2) is 29.5 Å². The molecule has 1 saturated carbocycles. The standard InChI is InChI=1S/C16H15Cl2N3O3S/c17-13-9-19-14(15(18)21-13)16(22)20-10-4-3-7-12(8-10)25(23,24)11-5-1-2-6-11/h3-4,7-9,11H,1-2,5-6H2,(H,20,22). The molecule has 132 valence electrons. The minimum absolute atomic E-state index is 0.0752. The number of nitrogens with zero attached hydrogens (tertiary/aromatic N) is 2. The van der Waals surface area contributed by atoms with E-state index in [1.165, 1.54) is 12.3 Å². The molecule has 1 heterocycles. The van der Waals surface area contributed by atoms with Crippen LogP contribution in [0.15, 0.2) is 35.4 Å². The third kappa shape index (κ3) is 3.94. The van der Waals surface area contributed by atoms with Gasteiger partial charge < -0.3 is 5.32 Å². The fraction of sp³-hybridized carbons (Fsp3) is 0.312. The van der Waals surface area contributed by atoms with Crippen LogP contribution in [0.25, 0.3) is 0 Å². The number of amides is 1. The monoisotopic (exact) mass is 399 g/mol. The molecule has 1 aromatic carbocycles. The molecule has 2 aromatic rings. The topological polar surface area (TPSA) is 89.0 Å². The van der Waals surface area contributed by atoms with Gasteiger partial charge in [0, 0.05) is 5.69 Å². The lowest BCUT2D eigenvalue weighted by atomic mass is 10.3. The first-order valence-corrected chi connectivity index (χ1v) is 10.0. The SMILES string of the molecule is O=C(Nc1cccc(S(=O)(=O)C2CCCC2)c1)c1ncc(Cl)nc1Cl. The molecule has 1 aliphatic carbocycles. The number of benzene rings is 1. The first-order chi connectivity index (χ1) is 11.9. The Labute approximate surface area is 155 Å². The van der Waals surface area contributed by atoms with Crippen molar-refractivity contribution in [3.05, 3.63) is 46.5 Å². The zero-order chi connectivity index (χ0) is 18.0. The highest BCUT2D eigenvalue weighted by atomic mass is 35.5. The zero-order valence-corrected chi connectivity index (χ0v) is 15.4. The van der Waals surface area contributed by atoms with Gasteiger partial charge >= 0.3 is 0 Å². The molecule has 0 aliphatic heterocycles. The van der Waals surface area contributed by atoms with Gasteiger partial charge in [-0.15, -0.1) is 0 Å². The highest BCUT2D eigenvalue weighted by molar-refractivity contribution is 7.92. The summed E-state index contributed by atoms with van der Waals surface area (Å²) < 4.78 is 25.3. The van der Waals surface area contributed by atoms with Crippen LogP contribution in [0.1, 0.15) is 36.2 Å². The molecule has 0 atom stereocenters. The Kier molecular flexibility index (Phi) is 5.27. The summed E-state index contributed by atoms with van der Waals surface area (Å²) in [5, 5.41) is 2.19. The predicted octanol–water partition coefficient (Wildman–Crippen LogP) is 3.75. The summed E-state index contributed by atoms with van der Waals surface area (Å²) in [5.41, 5.74) is 0.256. The third-order valence-electron chi connectivity index (χ3n) is 4.08. The lowest BCUT2D eigenvalue weighted by Gasteiger charge is -2.12. The van der Waals surface area contributed by atoms with Crippen LogP contribution in [0, 0.1) is 0 Å². The van der Waals surface area contributed by atoms with Crippen molar-refractivity contribution >= 4 is 44.6 Å². The molecule has 0 bridgehead atoms. The molecule has 9 heteroatoms. The molecule has 0 spiro atoms. The van der Waals surface area contributed by atoms with Crippen molar-refractivity contribution < 1.29 is 13.2 Å². The van der Waals surface area contributed by atoms with E-state index < -0.39 is 15.7 Å². The van der Waals surface area contributed by atoms with Crippen molar-refractivity contribution in [1.82, 2.24) is 9.97 Å². The molecular weight excluding hydrogens is 385 g/mol. The minimum atomic E-state index is -3.40. The third-order valence-corrected chi connectivity index (χ3v) is 6.78. The predicted molar refractivity (Wildman–Crippen MR) is 95.9 cm³/mol. The molecule has 0 radical (unpaired) electrons. The summed E-state index contributed by atoms with van der Waals surface area (Å²) in [7, 11) is -3.40. The second-order valence-electron chi connectivity index (χ2n) is 5.77. The number of hydrogen-bond acceptors (Lipinski definition) is 5. The van der Waals surface area contributed by atoms with Crippen LogP contribution in [0.2, 0.25) is 10.3 Å². The van der Waals surface area contributed by atoms with Crippen LogP contribution >= 0.6 is 23.2 Å². The van der Waals surface area contributed by atoms with E-state index in [1.807, 2.05) is 0 Å². The second-order valence-corrected chi connectivity index (χ2v) is 8.74. The number of hydrogen-bond donors (Lipinski definition) is 1. The van der Waals surface area contributed by atoms with Crippen molar-refractivity contribution in [1.29, 1.82) is 0 Å². The van der Waals surface area contributed by atoms with E-state index in [0.29, 0.717) is 18.5 Å². The second kappa shape index (κ2) is 7.27. The van der Waals surface area contributed by atoms with Crippen molar-refractivity contribution in [2.45, 2.75) is 35.8 Å². The Morgan fingerprint density at radius 3 is 2.60 bits per heavy atom. The van der Waals surface area contributed by atoms with E-state index in [1.54, 1.807) is 18.2 Å². The zero-order valence-electron chi connectivity index (χ0n) is 13.1. The van der Waals surface area contributed by atoms with E-state index in [2.05, 4.69) is 15.3 Å². The summed E-state index contributed by atoms with van der Waals surface area (Å²) >= 11 is 11.5. The van der Waals surface area contributed by atoms with Gasteiger partial charge in [-0.3, -0.25) is 4.79 Å². The quantitative estimate of drug-likeness (QED) is 0.845. The smallest absolute Gasteiger partial charge is 0.277 e. The highest BCUT2D eigenvalue weighted by Gasteiger charge is 2.30. The van der Waals surface area contributed by atoms with Crippen molar-refractivity contribution in [2.24, 2.45) is 0 Å². The van der Waals surface area contributed by atoms with Crippen LogP contribution in [-0.2, 0) is 9.84 Å². The largest absolute Gasteiger partial charge is 0.321 e. The average molecular weight is 400 g/mol.